The molecule has 0 aromatic heterocycles. The Labute approximate surface area is 105 Å². The quantitative estimate of drug-likeness (QED) is 0.373. The lowest BCUT2D eigenvalue weighted by Crippen LogP contribution is -2.15. The minimum Gasteiger partial charge on any atom is -0.507 e. The van der Waals surface area contributed by atoms with E-state index in [9.17, 15) is 14.7 Å². The lowest BCUT2D eigenvalue weighted by Gasteiger charge is -2.06. The molecule has 0 amide bonds. The molecule has 1 aromatic rings. The number of hydrogen-bond donors (Lipinski definition) is 1. The van der Waals surface area contributed by atoms with Crippen LogP contribution in [0.1, 0.15) is 12.5 Å². The fourth-order valence-electron chi connectivity index (χ4n) is 1.32. The molecule has 1 N–H and O–H groups in total. The van der Waals surface area contributed by atoms with E-state index in [1.165, 1.54) is 7.11 Å². The van der Waals surface area contributed by atoms with Gasteiger partial charge in [0.15, 0.2) is 0 Å². The Bertz CT molecular complexity index is 476. The normalized spacial score (nSPS) is 10.9. The molecule has 0 radical (unpaired) electrons. The van der Waals surface area contributed by atoms with Crippen LogP contribution in [0.5, 0.6) is 5.75 Å². The number of ketones is 1. The summed E-state index contributed by atoms with van der Waals surface area (Å²) in [6, 6.07) is 6.61. The minimum atomic E-state index is -1.00. The summed E-state index contributed by atoms with van der Waals surface area (Å²) in [5, 5.41) is 9.77. The number of hydrogen-bond acceptors (Lipinski definition) is 5. The molecule has 0 spiro atoms. The largest absolute Gasteiger partial charge is 0.507 e. The van der Waals surface area contributed by atoms with Crippen molar-refractivity contribution in [2.75, 3.05) is 13.7 Å². The third-order valence-electron chi connectivity index (χ3n) is 2.13. The topological polar surface area (TPSA) is 72.8 Å². The Morgan fingerprint density at radius 3 is 2.61 bits per heavy atom. The van der Waals surface area contributed by atoms with E-state index in [0.29, 0.717) is 11.3 Å². The van der Waals surface area contributed by atoms with Gasteiger partial charge in [-0.05, 0) is 19.1 Å². The molecule has 1 rings (SSSR count). The van der Waals surface area contributed by atoms with Gasteiger partial charge in [0.1, 0.15) is 11.5 Å². The van der Waals surface area contributed by atoms with Gasteiger partial charge in [-0.3, -0.25) is 4.79 Å². The third-order valence-corrected chi connectivity index (χ3v) is 2.13. The van der Waals surface area contributed by atoms with Crippen molar-refractivity contribution in [3.63, 3.8) is 0 Å². The number of rotatable bonds is 5. The van der Waals surface area contributed by atoms with E-state index in [1.807, 2.05) is 0 Å². The molecule has 96 valence electrons. The highest BCUT2D eigenvalue weighted by Crippen LogP contribution is 2.23. The smallest absolute Gasteiger partial charge is 0.379 e. The van der Waals surface area contributed by atoms with Gasteiger partial charge >= 0.3 is 5.97 Å². The summed E-state index contributed by atoms with van der Waals surface area (Å²) in [5.74, 6) is -1.85. The van der Waals surface area contributed by atoms with Crippen LogP contribution in [0, 0.1) is 0 Å². The summed E-state index contributed by atoms with van der Waals surface area (Å²) < 4.78 is 9.55. The molecule has 0 atom stereocenters. The monoisotopic (exact) mass is 250 g/mol. The number of carbonyl (C=O) groups is 2. The van der Waals surface area contributed by atoms with Gasteiger partial charge in [0, 0.05) is 6.08 Å². The highest BCUT2D eigenvalue weighted by atomic mass is 16.5. The third kappa shape index (κ3) is 3.35. The number of ether oxygens (including phenoxy) is 2. The van der Waals surface area contributed by atoms with Crippen molar-refractivity contribution in [1.82, 2.24) is 0 Å². The average molecular weight is 250 g/mol. The van der Waals surface area contributed by atoms with Crippen LogP contribution in [0.4, 0.5) is 0 Å². The van der Waals surface area contributed by atoms with Crippen molar-refractivity contribution in [2.24, 2.45) is 0 Å². The highest BCUT2D eigenvalue weighted by Gasteiger charge is 2.15. The molecule has 0 aliphatic carbocycles. The molecule has 18 heavy (non-hydrogen) atoms. The number of aliphatic hydroxyl groups is 1. The lowest BCUT2D eigenvalue weighted by molar-refractivity contribution is -0.151. The number of methoxy groups -OCH3 is 1. The fourth-order valence-corrected chi connectivity index (χ4v) is 1.32. The second-order valence-corrected chi connectivity index (χ2v) is 3.31. The molecule has 0 saturated carbocycles. The zero-order valence-electron chi connectivity index (χ0n) is 10.2. The standard InChI is InChI=1S/C13H14O5/c1-3-18-13(16)11(15)8-10(14)9-6-4-5-7-12(9)17-2/h4-8,14H,3H2,1-2H3. The summed E-state index contributed by atoms with van der Waals surface area (Å²) in [6.07, 6.45) is 0.815. The first kappa shape index (κ1) is 13.8. The van der Waals surface area contributed by atoms with Crippen LogP contribution in [0.2, 0.25) is 0 Å². The number of benzene rings is 1. The predicted octanol–water partition coefficient (Wildman–Crippen LogP) is 1.73. The van der Waals surface area contributed by atoms with Crippen LogP contribution >= 0.6 is 0 Å². The van der Waals surface area contributed by atoms with Gasteiger partial charge in [-0.2, -0.15) is 0 Å². The molecule has 0 aliphatic rings. The van der Waals surface area contributed by atoms with E-state index in [4.69, 9.17) is 4.74 Å². The number of esters is 1. The van der Waals surface area contributed by atoms with Crippen molar-refractivity contribution < 1.29 is 24.2 Å². The molecule has 5 nitrogen and oxygen atoms in total. The highest BCUT2D eigenvalue weighted by molar-refractivity contribution is 6.39. The van der Waals surface area contributed by atoms with Crippen LogP contribution in [-0.2, 0) is 14.3 Å². The molecular weight excluding hydrogens is 236 g/mol. The number of carbonyl (C=O) groups excluding carboxylic acids is 2. The minimum absolute atomic E-state index is 0.105. The maximum atomic E-state index is 11.4. The van der Waals surface area contributed by atoms with Gasteiger partial charge in [-0.25, -0.2) is 4.79 Å². The number of aliphatic hydroxyl groups excluding tert-OH is 1. The first-order chi connectivity index (χ1) is 8.60. The fraction of sp³-hybridized carbons (Fsp3) is 0.231. The van der Waals surface area contributed by atoms with Crippen LogP contribution in [0.3, 0.4) is 0 Å². The summed E-state index contributed by atoms with van der Waals surface area (Å²) in [6.45, 7) is 1.70. The van der Waals surface area contributed by atoms with E-state index in [-0.39, 0.29) is 12.4 Å². The predicted molar refractivity (Wildman–Crippen MR) is 65.2 cm³/mol. The van der Waals surface area contributed by atoms with Crippen LogP contribution < -0.4 is 4.74 Å². The molecular formula is C13H14O5. The Hall–Kier alpha value is -2.30. The molecule has 0 fully saturated rings. The SMILES string of the molecule is CCOC(=O)C(=O)C=C(O)c1ccccc1OC. The van der Waals surface area contributed by atoms with Crippen molar-refractivity contribution in [3.05, 3.63) is 35.9 Å². The summed E-state index contributed by atoms with van der Waals surface area (Å²) >= 11 is 0. The molecule has 0 bridgehead atoms. The Morgan fingerprint density at radius 2 is 2.00 bits per heavy atom. The van der Waals surface area contributed by atoms with Crippen molar-refractivity contribution in [3.8, 4) is 5.75 Å². The van der Waals surface area contributed by atoms with Gasteiger partial charge < -0.3 is 14.6 Å². The van der Waals surface area contributed by atoms with Gasteiger partial charge in [-0.1, -0.05) is 12.1 Å². The maximum absolute atomic E-state index is 11.4. The second-order valence-electron chi connectivity index (χ2n) is 3.31. The Morgan fingerprint density at radius 1 is 1.33 bits per heavy atom. The molecule has 1 aromatic carbocycles. The molecule has 5 heteroatoms. The summed E-state index contributed by atoms with van der Waals surface area (Å²) in [5.41, 5.74) is 0.331. The van der Waals surface area contributed by atoms with Gasteiger partial charge in [-0.15, -0.1) is 0 Å². The first-order valence-corrected chi connectivity index (χ1v) is 5.35. The maximum Gasteiger partial charge on any atom is 0.379 e. The van der Waals surface area contributed by atoms with E-state index >= 15 is 0 Å². The summed E-state index contributed by atoms with van der Waals surface area (Å²) in [7, 11) is 1.44. The zero-order valence-corrected chi connectivity index (χ0v) is 10.2. The molecule has 0 unspecified atom stereocenters. The van der Waals surface area contributed by atoms with Gasteiger partial charge in [0.25, 0.3) is 5.78 Å². The first-order valence-electron chi connectivity index (χ1n) is 5.35. The Balaban J connectivity index is 2.95. The number of para-hydroxylation sites is 1. The van der Waals surface area contributed by atoms with E-state index < -0.39 is 11.8 Å². The van der Waals surface area contributed by atoms with Gasteiger partial charge in [0.05, 0.1) is 19.3 Å². The zero-order chi connectivity index (χ0) is 13.5. The van der Waals surface area contributed by atoms with Crippen LogP contribution in [-0.4, -0.2) is 30.6 Å². The molecule has 0 aliphatic heterocycles. The second kappa shape index (κ2) is 6.44. The van der Waals surface area contributed by atoms with E-state index in [2.05, 4.69) is 4.74 Å². The van der Waals surface area contributed by atoms with Gasteiger partial charge in [0.2, 0.25) is 0 Å². The molecule has 0 heterocycles. The van der Waals surface area contributed by atoms with E-state index in [1.54, 1.807) is 31.2 Å². The van der Waals surface area contributed by atoms with Crippen molar-refractivity contribution in [1.29, 1.82) is 0 Å². The van der Waals surface area contributed by atoms with Crippen molar-refractivity contribution in [2.45, 2.75) is 6.92 Å². The van der Waals surface area contributed by atoms with Crippen LogP contribution in [0.15, 0.2) is 30.3 Å². The molecule has 0 saturated heterocycles. The van der Waals surface area contributed by atoms with E-state index in [0.717, 1.165) is 6.08 Å². The average Bonchev–Trinajstić information content (AvgIpc) is 2.38. The van der Waals surface area contributed by atoms with Crippen LogP contribution in [0.25, 0.3) is 5.76 Å². The summed E-state index contributed by atoms with van der Waals surface area (Å²) in [4.78, 5) is 22.5. The Kier molecular flexibility index (Phi) is 4.92. The van der Waals surface area contributed by atoms with Crippen molar-refractivity contribution >= 4 is 17.5 Å². The lowest BCUT2D eigenvalue weighted by atomic mass is 10.1.